The van der Waals surface area contributed by atoms with Crippen LogP contribution in [-0.2, 0) is 6.54 Å². The molecule has 0 spiro atoms. The van der Waals surface area contributed by atoms with Gasteiger partial charge in [-0.05, 0) is 28.7 Å². The molecule has 1 aromatic heterocycles. The zero-order valence-corrected chi connectivity index (χ0v) is 10.0. The van der Waals surface area contributed by atoms with E-state index >= 15 is 0 Å². The van der Waals surface area contributed by atoms with E-state index in [-0.39, 0.29) is 5.95 Å². The van der Waals surface area contributed by atoms with Crippen molar-refractivity contribution in [3.63, 3.8) is 0 Å². The molecular weight excluding hydrogens is 265 g/mol. The van der Waals surface area contributed by atoms with Crippen LogP contribution >= 0.6 is 23.2 Å². The van der Waals surface area contributed by atoms with Crippen molar-refractivity contribution in [1.29, 1.82) is 0 Å². The van der Waals surface area contributed by atoms with Crippen molar-refractivity contribution in [2.45, 2.75) is 6.54 Å². The van der Waals surface area contributed by atoms with E-state index < -0.39 is 4.92 Å². The van der Waals surface area contributed by atoms with Crippen LogP contribution in [0.4, 0.5) is 5.95 Å². The average molecular weight is 272 g/mol. The molecule has 1 heterocycles. The van der Waals surface area contributed by atoms with Gasteiger partial charge in [0.25, 0.3) is 0 Å². The van der Waals surface area contributed by atoms with Crippen LogP contribution in [-0.4, -0.2) is 14.5 Å². The Hall–Kier alpha value is -1.59. The number of hydrogen-bond donors (Lipinski definition) is 0. The van der Waals surface area contributed by atoms with E-state index in [2.05, 4.69) is 4.98 Å². The van der Waals surface area contributed by atoms with E-state index in [1.165, 1.54) is 17.0 Å². The van der Waals surface area contributed by atoms with Crippen molar-refractivity contribution in [1.82, 2.24) is 9.55 Å². The molecular formula is C10H7Cl2N3O2. The highest BCUT2D eigenvalue weighted by Gasteiger charge is 2.14. The molecule has 0 atom stereocenters. The first-order valence-electron chi connectivity index (χ1n) is 4.67. The summed E-state index contributed by atoms with van der Waals surface area (Å²) in [6, 6.07) is 5.02. The van der Waals surface area contributed by atoms with Crippen molar-refractivity contribution in [2.24, 2.45) is 0 Å². The molecule has 0 fully saturated rings. The zero-order chi connectivity index (χ0) is 12.4. The number of rotatable bonds is 3. The number of hydrogen-bond acceptors (Lipinski definition) is 3. The lowest BCUT2D eigenvalue weighted by molar-refractivity contribution is -0.396. The predicted molar refractivity (Wildman–Crippen MR) is 64.4 cm³/mol. The van der Waals surface area contributed by atoms with Gasteiger partial charge in [-0.25, -0.2) is 4.57 Å². The minimum atomic E-state index is -0.536. The lowest BCUT2D eigenvalue weighted by Crippen LogP contribution is -2.04. The van der Waals surface area contributed by atoms with Gasteiger partial charge in [-0.15, -0.1) is 0 Å². The Morgan fingerprint density at radius 2 is 1.94 bits per heavy atom. The van der Waals surface area contributed by atoms with Gasteiger partial charge in [0, 0.05) is 10.0 Å². The van der Waals surface area contributed by atoms with Gasteiger partial charge in [-0.2, -0.15) is 0 Å². The molecule has 0 N–H and O–H groups in total. The van der Waals surface area contributed by atoms with Crippen molar-refractivity contribution >= 4 is 29.2 Å². The van der Waals surface area contributed by atoms with E-state index in [1.54, 1.807) is 18.2 Å². The Kier molecular flexibility index (Phi) is 3.31. The van der Waals surface area contributed by atoms with Gasteiger partial charge in [-0.1, -0.05) is 28.2 Å². The minimum absolute atomic E-state index is 0.207. The molecule has 0 unspecified atom stereocenters. The number of benzene rings is 1. The second-order valence-electron chi connectivity index (χ2n) is 3.39. The standard InChI is InChI=1S/C10H7Cl2N3O2/c11-8-3-7(4-9(12)5-8)6-14-2-1-13-10(14)15(16)17/h1-5H,6H2. The Bertz CT molecular complexity index is 548. The minimum Gasteiger partial charge on any atom is -0.390 e. The van der Waals surface area contributed by atoms with Gasteiger partial charge in [0.2, 0.25) is 0 Å². The summed E-state index contributed by atoms with van der Waals surface area (Å²) >= 11 is 11.7. The first-order chi connectivity index (χ1) is 8.06. The highest BCUT2D eigenvalue weighted by atomic mass is 35.5. The SMILES string of the molecule is O=[N+]([O-])c1nccn1Cc1cc(Cl)cc(Cl)c1. The zero-order valence-electron chi connectivity index (χ0n) is 8.51. The normalized spacial score (nSPS) is 10.5. The maximum atomic E-state index is 10.7. The van der Waals surface area contributed by atoms with Crippen molar-refractivity contribution in [3.05, 3.63) is 56.3 Å². The molecule has 1 aromatic carbocycles. The predicted octanol–water partition coefficient (Wildman–Crippen LogP) is 3.15. The molecule has 0 bridgehead atoms. The van der Waals surface area contributed by atoms with Crippen molar-refractivity contribution in [3.8, 4) is 0 Å². The quantitative estimate of drug-likeness (QED) is 0.637. The fraction of sp³-hybridized carbons (Fsp3) is 0.100. The number of imidazole rings is 1. The van der Waals surface area contributed by atoms with Crippen molar-refractivity contribution < 1.29 is 4.92 Å². The largest absolute Gasteiger partial charge is 0.434 e. The smallest absolute Gasteiger partial charge is 0.390 e. The topological polar surface area (TPSA) is 61.0 Å². The van der Waals surface area contributed by atoms with Crippen LogP contribution in [0.2, 0.25) is 10.0 Å². The summed E-state index contributed by atoms with van der Waals surface area (Å²) in [6.45, 7) is 0.302. The van der Waals surface area contributed by atoms with E-state index in [9.17, 15) is 10.1 Å². The fourth-order valence-electron chi connectivity index (χ4n) is 1.50. The first-order valence-corrected chi connectivity index (χ1v) is 5.42. The molecule has 0 aliphatic heterocycles. The van der Waals surface area contributed by atoms with Crippen LogP contribution in [0.3, 0.4) is 0 Å². The van der Waals surface area contributed by atoms with Gasteiger partial charge in [0.1, 0.15) is 12.4 Å². The van der Waals surface area contributed by atoms with E-state index in [0.29, 0.717) is 16.6 Å². The molecule has 0 saturated carbocycles. The van der Waals surface area contributed by atoms with Gasteiger partial charge in [-0.3, -0.25) is 0 Å². The second kappa shape index (κ2) is 4.73. The first kappa shape index (κ1) is 11.9. The van der Waals surface area contributed by atoms with Crippen LogP contribution in [0.5, 0.6) is 0 Å². The van der Waals surface area contributed by atoms with Crippen LogP contribution in [0.1, 0.15) is 5.56 Å². The Morgan fingerprint density at radius 3 is 2.53 bits per heavy atom. The summed E-state index contributed by atoms with van der Waals surface area (Å²) in [5, 5.41) is 11.7. The van der Waals surface area contributed by atoms with Gasteiger partial charge < -0.3 is 10.1 Å². The molecule has 88 valence electrons. The molecule has 0 aliphatic carbocycles. The number of nitrogens with zero attached hydrogens (tertiary/aromatic N) is 3. The number of halogens is 2. The third-order valence-corrected chi connectivity index (χ3v) is 2.57. The highest BCUT2D eigenvalue weighted by molar-refractivity contribution is 6.34. The lowest BCUT2D eigenvalue weighted by atomic mass is 10.2. The maximum absolute atomic E-state index is 10.7. The molecule has 2 rings (SSSR count). The van der Waals surface area contributed by atoms with E-state index in [1.807, 2.05) is 0 Å². The molecule has 0 aliphatic rings. The summed E-state index contributed by atoms with van der Waals surface area (Å²) in [4.78, 5) is 13.8. The lowest BCUT2D eigenvalue weighted by Gasteiger charge is -2.03. The molecule has 0 radical (unpaired) electrons. The van der Waals surface area contributed by atoms with Crippen LogP contribution in [0.25, 0.3) is 0 Å². The Labute approximate surface area is 107 Å². The molecule has 0 saturated heterocycles. The summed E-state index contributed by atoms with van der Waals surface area (Å²) in [5.41, 5.74) is 0.781. The second-order valence-corrected chi connectivity index (χ2v) is 4.26. The van der Waals surface area contributed by atoms with Gasteiger partial charge >= 0.3 is 5.95 Å². The van der Waals surface area contributed by atoms with Crippen molar-refractivity contribution in [2.75, 3.05) is 0 Å². The summed E-state index contributed by atoms with van der Waals surface area (Å²) < 4.78 is 1.42. The van der Waals surface area contributed by atoms with E-state index in [4.69, 9.17) is 23.2 Å². The van der Waals surface area contributed by atoms with E-state index in [0.717, 1.165) is 5.56 Å². The molecule has 0 amide bonds. The molecule has 5 nitrogen and oxygen atoms in total. The third kappa shape index (κ3) is 2.75. The maximum Gasteiger partial charge on any atom is 0.434 e. The van der Waals surface area contributed by atoms with Gasteiger partial charge in [0.05, 0.1) is 6.54 Å². The summed E-state index contributed by atoms with van der Waals surface area (Å²) in [5.74, 6) is -0.207. The highest BCUT2D eigenvalue weighted by Crippen LogP contribution is 2.20. The average Bonchev–Trinajstić information content (AvgIpc) is 2.63. The Balaban J connectivity index is 2.31. The summed E-state index contributed by atoms with van der Waals surface area (Å²) in [6.07, 6.45) is 2.91. The molecule has 17 heavy (non-hydrogen) atoms. The number of nitro groups is 1. The van der Waals surface area contributed by atoms with Gasteiger partial charge in [0.15, 0.2) is 0 Å². The summed E-state index contributed by atoms with van der Waals surface area (Å²) in [7, 11) is 0. The third-order valence-electron chi connectivity index (χ3n) is 2.13. The number of aromatic nitrogens is 2. The Morgan fingerprint density at radius 1 is 1.29 bits per heavy atom. The molecule has 7 heteroatoms. The van der Waals surface area contributed by atoms with Crippen LogP contribution in [0, 0.1) is 10.1 Å². The van der Waals surface area contributed by atoms with Crippen LogP contribution < -0.4 is 0 Å². The fourth-order valence-corrected chi connectivity index (χ4v) is 2.07. The van der Waals surface area contributed by atoms with Crippen LogP contribution in [0.15, 0.2) is 30.6 Å². The monoisotopic (exact) mass is 271 g/mol. The molecule has 2 aromatic rings.